The number of rotatable bonds is 2. The Labute approximate surface area is 150 Å². The molecule has 0 aliphatic rings. The van der Waals surface area contributed by atoms with Crippen molar-refractivity contribution in [2.75, 3.05) is 0 Å². The fourth-order valence-electron chi connectivity index (χ4n) is 2.12. The van der Waals surface area contributed by atoms with E-state index in [1.165, 1.54) is 22.9 Å². The van der Waals surface area contributed by atoms with Crippen molar-refractivity contribution < 1.29 is 19.8 Å². The van der Waals surface area contributed by atoms with E-state index in [1.54, 1.807) is 6.92 Å². The van der Waals surface area contributed by atoms with Crippen molar-refractivity contribution in [3.05, 3.63) is 83.4 Å². The Morgan fingerprint density at radius 2 is 1.21 bits per heavy atom. The Bertz CT molecular complexity index is 793. The normalized spacial score (nSPS) is 9.38. The van der Waals surface area contributed by atoms with E-state index in [0.29, 0.717) is 5.56 Å². The quantitative estimate of drug-likeness (QED) is 0.660. The summed E-state index contributed by atoms with van der Waals surface area (Å²) >= 11 is 0. The van der Waals surface area contributed by atoms with Crippen LogP contribution < -0.4 is 0 Å². The van der Waals surface area contributed by atoms with Crippen LogP contribution in [0, 0.1) is 6.92 Å². The zero-order valence-electron chi connectivity index (χ0n) is 13.0. The van der Waals surface area contributed by atoms with Crippen molar-refractivity contribution in [1.29, 1.82) is 0 Å². The monoisotopic (exact) mass is 388 g/mol. The largest absolute Gasteiger partial charge is 0.478 e. The molecule has 5 heteroatoms. The first-order valence-electron chi connectivity index (χ1n) is 7.00. The Morgan fingerprint density at radius 1 is 0.750 bits per heavy atom. The fraction of sp³-hybridized carbons (Fsp3) is 0.0526. The number of carboxylic acids is 2. The number of aromatic carboxylic acids is 2. The number of halogens is 1. The SMILES string of the molecule is Br.Cc1ccc(C(=O)O)cc1C(=O)O.c1ccc2ccccc2c1. The van der Waals surface area contributed by atoms with Gasteiger partial charge in [-0.1, -0.05) is 54.6 Å². The Balaban J connectivity index is 0.000000236. The molecule has 0 saturated carbocycles. The van der Waals surface area contributed by atoms with Crippen LogP contribution in [0.4, 0.5) is 0 Å². The first kappa shape index (κ1) is 19.4. The number of hydrogen-bond donors (Lipinski definition) is 2. The van der Waals surface area contributed by atoms with Gasteiger partial charge < -0.3 is 10.2 Å². The predicted molar refractivity (Wildman–Crippen MR) is 99.4 cm³/mol. The molecule has 4 nitrogen and oxygen atoms in total. The summed E-state index contributed by atoms with van der Waals surface area (Å²) in [6, 6.07) is 20.7. The smallest absolute Gasteiger partial charge is 0.335 e. The van der Waals surface area contributed by atoms with Crippen molar-refractivity contribution in [2.24, 2.45) is 0 Å². The van der Waals surface area contributed by atoms with E-state index >= 15 is 0 Å². The third-order valence-electron chi connectivity index (χ3n) is 3.37. The van der Waals surface area contributed by atoms with Crippen molar-refractivity contribution in [1.82, 2.24) is 0 Å². The molecule has 3 aromatic rings. The summed E-state index contributed by atoms with van der Waals surface area (Å²) in [5.41, 5.74) is 0.570. The highest BCUT2D eigenvalue weighted by atomic mass is 79.9. The van der Waals surface area contributed by atoms with E-state index in [2.05, 4.69) is 48.5 Å². The number of benzene rings is 3. The average Bonchev–Trinajstić information content (AvgIpc) is 2.55. The molecule has 2 N–H and O–H groups in total. The molecule has 0 saturated heterocycles. The summed E-state index contributed by atoms with van der Waals surface area (Å²) < 4.78 is 0. The molecule has 0 aliphatic heterocycles. The molecule has 0 fully saturated rings. The van der Waals surface area contributed by atoms with Gasteiger partial charge in [-0.15, -0.1) is 17.0 Å². The van der Waals surface area contributed by atoms with Crippen molar-refractivity contribution in [2.45, 2.75) is 6.92 Å². The zero-order chi connectivity index (χ0) is 16.8. The summed E-state index contributed by atoms with van der Waals surface area (Å²) in [4.78, 5) is 21.1. The Hall–Kier alpha value is -2.66. The zero-order valence-corrected chi connectivity index (χ0v) is 14.7. The van der Waals surface area contributed by atoms with E-state index in [4.69, 9.17) is 10.2 Å². The number of aryl methyl sites for hydroxylation is 1. The van der Waals surface area contributed by atoms with Gasteiger partial charge in [-0.25, -0.2) is 9.59 Å². The molecular formula is C19H17BrO4. The second kappa shape index (κ2) is 8.84. The van der Waals surface area contributed by atoms with Crippen LogP contribution in [0.1, 0.15) is 26.3 Å². The van der Waals surface area contributed by atoms with Crippen molar-refractivity contribution >= 4 is 39.7 Å². The highest BCUT2D eigenvalue weighted by Gasteiger charge is 2.10. The number of fused-ring (bicyclic) bond motifs is 1. The second-order valence-electron chi connectivity index (χ2n) is 4.99. The van der Waals surface area contributed by atoms with Crippen LogP contribution in [0.25, 0.3) is 10.8 Å². The molecule has 3 aromatic carbocycles. The van der Waals surface area contributed by atoms with E-state index in [-0.39, 0.29) is 28.1 Å². The predicted octanol–water partition coefficient (Wildman–Crippen LogP) is 4.81. The summed E-state index contributed by atoms with van der Waals surface area (Å²) in [5, 5.41) is 19.9. The molecule has 3 rings (SSSR count). The van der Waals surface area contributed by atoms with Crippen LogP contribution in [-0.2, 0) is 0 Å². The number of hydrogen-bond acceptors (Lipinski definition) is 2. The van der Waals surface area contributed by atoms with Crippen molar-refractivity contribution in [3.8, 4) is 0 Å². The molecule has 0 unspecified atom stereocenters. The van der Waals surface area contributed by atoms with Gasteiger partial charge in [-0.2, -0.15) is 0 Å². The minimum atomic E-state index is -1.12. The minimum Gasteiger partial charge on any atom is -0.478 e. The first-order valence-corrected chi connectivity index (χ1v) is 7.00. The first-order chi connectivity index (χ1) is 11.0. The summed E-state index contributed by atoms with van der Waals surface area (Å²) in [6.07, 6.45) is 0. The summed E-state index contributed by atoms with van der Waals surface area (Å²) in [5.74, 6) is -2.23. The third kappa shape index (κ3) is 4.93. The lowest BCUT2D eigenvalue weighted by Crippen LogP contribution is -2.03. The minimum absolute atomic E-state index is 0. The van der Waals surface area contributed by atoms with E-state index in [0.717, 1.165) is 6.07 Å². The van der Waals surface area contributed by atoms with Gasteiger partial charge >= 0.3 is 11.9 Å². The Kier molecular flexibility index (Phi) is 7.14. The van der Waals surface area contributed by atoms with Gasteiger partial charge in [-0.05, 0) is 35.4 Å². The molecule has 0 radical (unpaired) electrons. The van der Waals surface area contributed by atoms with E-state index < -0.39 is 11.9 Å². The molecule has 0 amide bonds. The fourth-order valence-corrected chi connectivity index (χ4v) is 2.12. The maximum absolute atomic E-state index is 10.6. The lowest BCUT2D eigenvalue weighted by Gasteiger charge is -2.01. The summed E-state index contributed by atoms with van der Waals surface area (Å²) in [6.45, 7) is 1.62. The van der Waals surface area contributed by atoms with Crippen LogP contribution in [0.15, 0.2) is 66.7 Å². The van der Waals surface area contributed by atoms with Gasteiger partial charge in [0.05, 0.1) is 11.1 Å². The maximum atomic E-state index is 10.6. The molecule has 0 aromatic heterocycles. The molecule has 24 heavy (non-hydrogen) atoms. The summed E-state index contributed by atoms with van der Waals surface area (Å²) in [7, 11) is 0. The van der Waals surface area contributed by atoms with Crippen LogP contribution in [0.2, 0.25) is 0 Å². The standard InChI is InChI=1S/C10H8.C9H8O4.BrH/c1-2-6-10-8-4-3-7-9(10)5-1;1-5-2-3-6(8(10)11)4-7(5)9(12)13;/h1-8H;2-4H,1H3,(H,10,11)(H,12,13);1H. The molecule has 0 aliphatic carbocycles. The molecule has 0 spiro atoms. The maximum Gasteiger partial charge on any atom is 0.335 e. The van der Waals surface area contributed by atoms with Crippen molar-refractivity contribution in [3.63, 3.8) is 0 Å². The van der Waals surface area contributed by atoms with Gasteiger partial charge in [0.2, 0.25) is 0 Å². The van der Waals surface area contributed by atoms with Crippen LogP contribution in [0.5, 0.6) is 0 Å². The molecule has 0 bridgehead atoms. The van der Waals surface area contributed by atoms with Crippen LogP contribution >= 0.6 is 17.0 Å². The lowest BCUT2D eigenvalue weighted by molar-refractivity contribution is 0.0695. The number of carbonyl (C=O) groups is 2. The van der Waals surface area contributed by atoms with Crippen LogP contribution in [-0.4, -0.2) is 22.2 Å². The average molecular weight is 389 g/mol. The van der Waals surface area contributed by atoms with E-state index in [1.807, 2.05) is 0 Å². The lowest BCUT2D eigenvalue weighted by atomic mass is 10.1. The topological polar surface area (TPSA) is 74.6 Å². The van der Waals surface area contributed by atoms with Gasteiger partial charge in [0.15, 0.2) is 0 Å². The van der Waals surface area contributed by atoms with Crippen LogP contribution in [0.3, 0.4) is 0 Å². The Morgan fingerprint density at radius 3 is 1.58 bits per heavy atom. The molecule has 0 heterocycles. The molecular weight excluding hydrogens is 372 g/mol. The second-order valence-corrected chi connectivity index (χ2v) is 4.99. The highest BCUT2D eigenvalue weighted by molar-refractivity contribution is 8.93. The van der Waals surface area contributed by atoms with Gasteiger partial charge in [-0.3, -0.25) is 0 Å². The van der Waals surface area contributed by atoms with E-state index in [9.17, 15) is 9.59 Å². The highest BCUT2D eigenvalue weighted by Crippen LogP contribution is 2.12. The number of carboxylic acid groups (broad SMARTS) is 2. The molecule has 0 atom stereocenters. The molecule has 124 valence electrons. The third-order valence-corrected chi connectivity index (χ3v) is 3.37. The van der Waals surface area contributed by atoms with Gasteiger partial charge in [0.25, 0.3) is 0 Å². The van der Waals surface area contributed by atoms with Gasteiger partial charge in [0, 0.05) is 0 Å². The van der Waals surface area contributed by atoms with Gasteiger partial charge in [0.1, 0.15) is 0 Å².